The summed E-state index contributed by atoms with van der Waals surface area (Å²) in [5, 5.41) is 13.6. The number of nitrogens with zero attached hydrogens (tertiary/aromatic N) is 5. The molecule has 3 aromatic heterocycles. The first-order chi connectivity index (χ1) is 15.7. The first-order valence-electron chi connectivity index (χ1n) is 9.46. The fourth-order valence-electron chi connectivity index (χ4n) is 3.00. The number of aromatic amines is 1. The van der Waals surface area contributed by atoms with E-state index < -0.39 is 17.8 Å². The van der Waals surface area contributed by atoms with Gasteiger partial charge in [0.05, 0.1) is 16.3 Å². The summed E-state index contributed by atoms with van der Waals surface area (Å²) in [6.07, 6.45) is -1.62. The number of H-pyrrole nitrogens is 1. The molecule has 170 valence electrons. The van der Waals surface area contributed by atoms with Gasteiger partial charge in [-0.25, -0.2) is 9.67 Å². The van der Waals surface area contributed by atoms with Gasteiger partial charge < -0.3 is 0 Å². The molecule has 0 fully saturated rings. The van der Waals surface area contributed by atoms with Gasteiger partial charge in [0.1, 0.15) is 0 Å². The zero-order valence-corrected chi connectivity index (χ0v) is 18.7. The SMILES string of the molecule is C=CCn1c(-c2sc(NC(=O)c3ccc(-n4ccc(C(F)(F)F)n4)cc3)nc2C)n[nH]c1=S. The summed E-state index contributed by atoms with van der Waals surface area (Å²) < 4.78 is 41.5. The van der Waals surface area contributed by atoms with E-state index in [1.807, 2.05) is 0 Å². The van der Waals surface area contributed by atoms with Gasteiger partial charge in [-0.2, -0.15) is 23.4 Å². The highest BCUT2D eigenvalue weighted by molar-refractivity contribution is 7.71. The van der Waals surface area contributed by atoms with Crippen LogP contribution in [0.3, 0.4) is 0 Å². The van der Waals surface area contributed by atoms with E-state index in [-0.39, 0.29) is 0 Å². The van der Waals surface area contributed by atoms with E-state index in [2.05, 4.69) is 32.2 Å². The molecule has 3 heterocycles. The molecule has 0 bridgehead atoms. The number of rotatable bonds is 6. The summed E-state index contributed by atoms with van der Waals surface area (Å²) in [5.41, 5.74) is 0.378. The standard InChI is InChI=1S/C20H16F3N7OS2/c1-3-9-29-16(26-27-19(29)32)15-11(2)24-18(33-15)25-17(31)12-4-6-13(7-5-12)30-10-8-14(28-30)20(21,22)23/h3-8,10H,1,9H2,2H3,(H,27,32)(H,24,25,31). The number of allylic oxidation sites excluding steroid dienone is 1. The van der Waals surface area contributed by atoms with Crippen LogP contribution in [0.4, 0.5) is 18.3 Å². The van der Waals surface area contributed by atoms with Gasteiger partial charge in [0, 0.05) is 18.3 Å². The Morgan fingerprint density at radius 3 is 2.67 bits per heavy atom. The van der Waals surface area contributed by atoms with Crippen molar-refractivity contribution in [2.45, 2.75) is 19.6 Å². The maximum absolute atomic E-state index is 12.7. The first-order valence-corrected chi connectivity index (χ1v) is 10.7. The van der Waals surface area contributed by atoms with Gasteiger partial charge in [-0.05, 0) is 49.5 Å². The Labute approximate surface area is 194 Å². The quantitative estimate of drug-likeness (QED) is 0.292. The van der Waals surface area contributed by atoms with Crippen molar-refractivity contribution in [3.8, 4) is 16.4 Å². The molecule has 0 aliphatic carbocycles. The molecular formula is C20H16F3N7OS2. The van der Waals surface area contributed by atoms with Crippen molar-refractivity contribution in [2.75, 3.05) is 5.32 Å². The van der Waals surface area contributed by atoms with E-state index in [9.17, 15) is 18.0 Å². The zero-order valence-electron chi connectivity index (χ0n) is 17.1. The number of alkyl halides is 3. The highest BCUT2D eigenvalue weighted by atomic mass is 32.1. The van der Waals surface area contributed by atoms with Gasteiger partial charge in [0.25, 0.3) is 5.91 Å². The number of benzene rings is 1. The van der Waals surface area contributed by atoms with E-state index in [1.165, 1.54) is 41.8 Å². The van der Waals surface area contributed by atoms with E-state index in [0.29, 0.717) is 39.2 Å². The molecule has 4 rings (SSSR count). The van der Waals surface area contributed by atoms with Crippen LogP contribution in [0.25, 0.3) is 16.4 Å². The largest absolute Gasteiger partial charge is 0.435 e. The fourth-order valence-corrected chi connectivity index (χ4v) is 4.17. The summed E-state index contributed by atoms with van der Waals surface area (Å²) in [6, 6.07) is 6.89. The number of amides is 1. The summed E-state index contributed by atoms with van der Waals surface area (Å²) in [5.74, 6) is 0.181. The van der Waals surface area contributed by atoms with Crippen LogP contribution < -0.4 is 5.32 Å². The molecule has 0 spiro atoms. The van der Waals surface area contributed by atoms with Gasteiger partial charge in [-0.3, -0.25) is 19.8 Å². The predicted molar refractivity (Wildman–Crippen MR) is 120 cm³/mol. The number of thiazole rings is 1. The Morgan fingerprint density at radius 2 is 2.03 bits per heavy atom. The summed E-state index contributed by atoms with van der Waals surface area (Å²) in [4.78, 5) is 17.8. The minimum atomic E-state index is -4.52. The number of carbonyl (C=O) groups is 1. The topological polar surface area (TPSA) is 93.4 Å². The smallest absolute Gasteiger partial charge is 0.298 e. The molecule has 0 atom stereocenters. The van der Waals surface area contributed by atoms with Crippen LogP contribution in [0.15, 0.2) is 49.2 Å². The molecule has 0 radical (unpaired) electrons. The molecule has 0 unspecified atom stereocenters. The van der Waals surface area contributed by atoms with Crippen LogP contribution in [0, 0.1) is 11.7 Å². The van der Waals surface area contributed by atoms with Gasteiger partial charge in [0.2, 0.25) is 0 Å². The molecule has 13 heteroatoms. The molecule has 4 aromatic rings. The number of halogens is 3. The lowest BCUT2D eigenvalue weighted by Crippen LogP contribution is -2.12. The summed E-state index contributed by atoms with van der Waals surface area (Å²) >= 11 is 6.48. The molecular weight excluding hydrogens is 475 g/mol. The molecule has 0 saturated carbocycles. The third-order valence-electron chi connectivity index (χ3n) is 4.56. The van der Waals surface area contributed by atoms with Gasteiger partial charge in [0.15, 0.2) is 21.4 Å². The first kappa shape index (κ1) is 22.6. The molecule has 1 amide bonds. The lowest BCUT2D eigenvalue weighted by molar-refractivity contribution is -0.141. The van der Waals surface area contributed by atoms with Gasteiger partial charge in [-0.1, -0.05) is 17.4 Å². The minimum Gasteiger partial charge on any atom is -0.298 e. The average Bonchev–Trinajstić information content (AvgIpc) is 3.48. The summed E-state index contributed by atoms with van der Waals surface area (Å²) in [7, 11) is 0. The third kappa shape index (κ3) is 4.64. The molecule has 0 aliphatic heterocycles. The number of hydrogen-bond acceptors (Lipinski definition) is 6. The number of carbonyl (C=O) groups excluding carboxylic acids is 1. The number of aryl methyl sites for hydroxylation is 1. The highest BCUT2D eigenvalue weighted by Gasteiger charge is 2.33. The zero-order chi connectivity index (χ0) is 23.8. The Bertz CT molecular complexity index is 1380. The minimum absolute atomic E-state index is 0.311. The Balaban J connectivity index is 1.51. The number of aromatic nitrogens is 6. The van der Waals surface area contributed by atoms with Crippen LogP contribution in [-0.4, -0.2) is 35.4 Å². The van der Waals surface area contributed by atoms with Crippen molar-refractivity contribution in [3.05, 3.63) is 70.9 Å². The number of nitrogens with one attached hydrogen (secondary N) is 2. The molecule has 33 heavy (non-hydrogen) atoms. The van der Waals surface area contributed by atoms with Crippen LogP contribution in [0.1, 0.15) is 21.7 Å². The van der Waals surface area contributed by atoms with Crippen molar-refractivity contribution >= 4 is 34.6 Å². The van der Waals surface area contributed by atoms with Crippen LogP contribution >= 0.6 is 23.6 Å². The lowest BCUT2D eigenvalue weighted by atomic mass is 10.2. The second-order valence-electron chi connectivity index (χ2n) is 6.83. The van der Waals surface area contributed by atoms with Gasteiger partial charge >= 0.3 is 6.18 Å². The average molecular weight is 492 g/mol. The molecule has 1 aromatic carbocycles. The normalized spacial score (nSPS) is 11.5. The predicted octanol–water partition coefficient (Wildman–Crippen LogP) is 5.02. The fraction of sp³-hybridized carbons (Fsp3) is 0.150. The third-order valence-corrected chi connectivity index (χ3v) is 5.94. The van der Waals surface area contributed by atoms with Crippen molar-refractivity contribution in [1.29, 1.82) is 0 Å². The molecule has 8 nitrogen and oxygen atoms in total. The summed E-state index contributed by atoms with van der Waals surface area (Å²) in [6.45, 7) is 5.98. The van der Waals surface area contributed by atoms with E-state index in [1.54, 1.807) is 17.6 Å². The Kier molecular flexibility index (Phi) is 5.99. The number of hydrogen-bond donors (Lipinski definition) is 2. The van der Waals surface area contributed by atoms with E-state index >= 15 is 0 Å². The van der Waals surface area contributed by atoms with Crippen LogP contribution in [0.5, 0.6) is 0 Å². The van der Waals surface area contributed by atoms with Crippen molar-refractivity contribution < 1.29 is 18.0 Å². The van der Waals surface area contributed by atoms with Crippen molar-refractivity contribution in [1.82, 2.24) is 29.5 Å². The number of anilines is 1. The maximum atomic E-state index is 12.7. The molecule has 0 aliphatic rings. The van der Waals surface area contributed by atoms with Crippen molar-refractivity contribution in [2.24, 2.45) is 0 Å². The molecule has 2 N–H and O–H groups in total. The lowest BCUT2D eigenvalue weighted by Gasteiger charge is -2.05. The monoisotopic (exact) mass is 491 g/mol. The van der Waals surface area contributed by atoms with Crippen molar-refractivity contribution in [3.63, 3.8) is 0 Å². The Hall–Kier alpha value is -3.58. The second-order valence-corrected chi connectivity index (χ2v) is 8.22. The molecule has 0 saturated heterocycles. The van der Waals surface area contributed by atoms with E-state index in [4.69, 9.17) is 12.2 Å². The second kappa shape index (κ2) is 8.75. The van der Waals surface area contributed by atoms with Gasteiger partial charge in [-0.15, -0.1) is 6.58 Å². The highest BCUT2D eigenvalue weighted by Crippen LogP contribution is 2.32. The van der Waals surface area contributed by atoms with E-state index in [0.717, 1.165) is 15.6 Å². The Morgan fingerprint density at radius 1 is 1.30 bits per heavy atom. The maximum Gasteiger partial charge on any atom is 0.435 e. The van der Waals surface area contributed by atoms with Crippen LogP contribution in [0.2, 0.25) is 0 Å². The van der Waals surface area contributed by atoms with Crippen LogP contribution in [-0.2, 0) is 12.7 Å².